The molecule has 0 aliphatic heterocycles. The molecule has 1 N–H and O–H groups in total. The molecule has 3 rings (SSSR count). The number of tetrazole rings is 1. The van der Waals surface area contributed by atoms with Crippen LogP contribution in [0.2, 0.25) is 0 Å². The first-order chi connectivity index (χ1) is 9.06. The van der Waals surface area contributed by atoms with E-state index in [2.05, 4.69) is 34.6 Å². The Labute approximate surface area is 115 Å². The Hall–Kier alpha value is -0.970. The van der Waals surface area contributed by atoms with Crippen LogP contribution in [0.1, 0.15) is 38.9 Å². The molecule has 2 saturated carbocycles. The summed E-state index contributed by atoms with van der Waals surface area (Å²) in [6.45, 7) is 6.73. The van der Waals surface area contributed by atoms with Gasteiger partial charge in [0.25, 0.3) is 0 Å². The molecule has 0 amide bonds. The fraction of sp³-hybridized carbons (Fsp3) is 0.929. The van der Waals surface area contributed by atoms with Crippen LogP contribution >= 0.6 is 0 Å². The standard InChI is InChI=1S/C14H25N5/c1-10(2)8-15-9-14(5-11-4-12(11)6-14)7-13-16-18-19(3)17-13/h10-12,15H,4-9H2,1-3H3. The van der Waals surface area contributed by atoms with Crippen LogP contribution in [0.4, 0.5) is 0 Å². The van der Waals surface area contributed by atoms with Gasteiger partial charge in [0.15, 0.2) is 5.82 Å². The van der Waals surface area contributed by atoms with Gasteiger partial charge in [-0.3, -0.25) is 0 Å². The van der Waals surface area contributed by atoms with E-state index in [4.69, 9.17) is 0 Å². The maximum absolute atomic E-state index is 4.37. The molecule has 2 fully saturated rings. The van der Waals surface area contributed by atoms with Gasteiger partial charge in [0.2, 0.25) is 0 Å². The molecule has 5 nitrogen and oxygen atoms in total. The number of aromatic nitrogens is 4. The average molecular weight is 263 g/mol. The first-order valence-corrected chi connectivity index (χ1v) is 7.50. The van der Waals surface area contributed by atoms with Crippen molar-refractivity contribution in [2.75, 3.05) is 13.1 Å². The molecule has 0 bridgehead atoms. The van der Waals surface area contributed by atoms with Gasteiger partial charge in [-0.1, -0.05) is 13.8 Å². The van der Waals surface area contributed by atoms with E-state index in [9.17, 15) is 0 Å². The topological polar surface area (TPSA) is 55.6 Å². The van der Waals surface area contributed by atoms with Crippen molar-refractivity contribution in [1.82, 2.24) is 25.5 Å². The van der Waals surface area contributed by atoms with Crippen LogP contribution < -0.4 is 5.32 Å². The molecule has 2 aliphatic rings. The Bertz CT molecular complexity index is 429. The van der Waals surface area contributed by atoms with Crippen LogP contribution in [0.25, 0.3) is 0 Å². The summed E-state index contributed by atoms with van der Waals surface area (Å²) in [4.78, 5) is 1.57. The third kappa shape index (κ3) is 2.96. The molecule has 0 saturated heterocycles. The summed E-state index contributed by atoms with van der Waals surface area (Å²) < 4.78 is 0. The van der Waals surface area contributed by atoms with Gasteiger partial charge in [-0.15, -0.1) is 10.2 Å². The van der Waals surface area contributed by atoms with Crippen molar-refractivity contribution in [1.29, 1.82) is 0 Å². The molecular formula is C14H25N5. The summed E-state index contributed by atoms with van der Waals surface area (Å²) in [7, 11) is 1.84. The van der Waals surface area contributed by atoms with E-state index in [0.717, 1.165) is 37.2 Å². The Morgan fingerprint density at radius 3 is 2.68 bits per heavy atom. The predicted molar refractivity (Wildman–Crippen MR) is 73.5 cm³/mol. The normalized spacial score (nSPS) is 32.8. The van der Waals surface area contributed by atoms with Crippen molar-refractivity contribution in [3.05, 3.63) is 5.82 Å². The molecular weight excluding hydrogens is 238 g/mol. The van der Waals surface area contributed by atoms with E-state index in [1.54, 1.807) is 4.80 Å². The number of hydrogen-bond acceptors (Lipinski definition) is 4. The second-order valence-corrected chi connectivity index (χ2v) is 7.06. The highest BCUT2D eigenvalue weighted by atomic mass is 15.6. The third-order valence-corrected chi connectivity index (χ3v) is 4.59. The van der Waals surface area contributed by atoms with Crippen molar-refractivity contribution < 1.29 is 0 Å². The summed E-state index contributed by atoms with van der Waals surface area (Å²) in [5, 5.41) is 16.2. The maximum atomic E-state index is 4.37. The number of hydrogen-bond donors (Lipinski definition) is 1. The van der Waals surface area contributed by atoms with Gasteiger partial charge in [-0.25, -0.2) is 0 Å². The molecule has 106 valence electrons. The fourth-order valence-electron chi connectivity index (χ4n) is 3.71. The number of nitrogens with zero attached hydrogens (tertiary/aromatic N) is 4. The van der Waals surface area contributed by atoms with Gasteiger partial charge >= 0.3 is 0 Å². The zero-order valence-corrected chi connectivity index (χ0v) is 12.3. The molecule has 0 radical (unpaired) electrons. The van der Waals surface area contributed by atoms with Crippen LogP contribution in [0.15, 0.2) is 0 Å². The second-order valence-electron chi connectivity index (χ2n) is 7.06. The van der Waals surface area contributed by atoms with Crippen molar-refractivity contribution in [2.24, 2.45) is 30.2 Å². The summed E-state index contributed by atoms with van der Waals surface area (Å²) in [5.74, 6) is 3.59. The molecule has 0 aromatic carbocycles. The fourth-order valence-corrected chi connectivity index (χ4v) is 3.71. The minimum atomic E-state index is 0.380. The van der Waals surface area contributed by atoms with Gasteiger partial charge in [0, 0.05) is 13.0 Å². The lowest BCUT2D eigenvalue weighted by molar-refractivity contribution is 0.240. The molecule has 2 aliphatic carbocycles. The van der Waals surface area contributed by atoms with Crippen molar-refractivity contribution in [2.45, 2.75) is 39.5 Å². The highest BCUT2D eigenvalue weighted by molar-refractivity contribution is 5.07. The second kappa shape index (κ2) is 4.85. The SMILES string of the molecule is CC(C)CNCC1(Cc2nnn(C)n2)CC2CC2C1. The smallest absolute Gasteiger partial charge is 0.175 e. The maximum Gasteiger partial charge on any atom is 0.175 e. The summed E-state index contributed by atoms with van der Waals surface area (Å²) >= 11 is 0. The van der Waals surface area contributed by atoms with E-state index in [-0.39, 0.29) is 0 Å². The lowest BCUT2D eigenvalue weighted by Crippen LogP contribution is -2.37. The van der Waals surface area contributed by atoms with E-state index < -0.39 is 0 Å². The highest BCUT2D eigenvalue weighted by Gasteiger charge is 2.53. The summed E-state index contributed by atoms with van der Waals surface area (Å²) in [5.41, 5.74) is 0.380. The van der Waals surface area contributed by atoms with Crippen molar-refractivity contribution >= 4 is 0 Å². The summed E-state index contributed by atoms with van der Waals surface area (Å²) in [6.07, 6.45) is 5.14. The van der Waals surface area contributed by atoms with E-state index >= 15 is 0 Å². The minimum absolute atomic E-state index is 0.380. The molecule has 1 aromatic heterocycles. The third-order valence-electron chi connectivity index (χ3n) is 4.59. The highest BCUT2D eigenvalue weighted by Crippen LogP contribution is 2.60. The van der Waals surface area contributed by atoms with Crippen LogP contribution in [0, 0.1) is 23.2 Å². The lowest BCUT2D eigenvalue weighted by atomic mass is 9.79. The van der Waals surface area contributed by atoms with Gasteiger partial charge < -0.3 is 5.32 Å². The monoisotopic (exact) mass is 263 g/mol. The van der Waals surface area contributed by atoms with Crippen LogP contribution in [-0.4, -0.2) is 33.3 Å². The zero-order chi connectivity index (χ0) is 13.5. The average Bonchev–Trinajstić information content (AvgIpc) is 2.75. The van der Waals surface area contributed by atoms with E-state index in [0.29, 0.717) is 11.3 Å². The summed E-state index contributed by atoms with van der Waals surface area (Å²) in [6, 6.07) is 0. The van der Waals surface area contributed by atoms with Crippen LogP contribution in [0.5, 0.6) is 0 Å². The molecule has 1 heterocycles. The quantitative estimate of drug-likeness (QED) is 0.843. The lowest BCUT2D eigenvalue weighted by Gasteiger charge is -2.30. The zero-order valence-electron chi connectivity index (χ0n) is 12.3. The number of fused-ring (bicyclic) bond motifs is 1. The Morgan fingerprint density at radius 1 is 1.37 bits per heavy atom. The molecule has 5 heteroatoms. The molecule has 19 heavy (non-hydrogen) atoms. The van der Waals surface area contributed by atoms with Gasteiger partial charge in [0.1, 0.15) is 0 Å². The Balaban J connectivity index is 1.63. The molecule has 2 unspecified atom stereocenters. The van der Waals surface area contributed by atoms with Crippen LogP contribution in [-0.2, 0) is 13.5 Å². The number of aryl methyl sites for hydroxylation is 1. The molecule has 1 aromatic rings. The van der Waals surface area contributed by atoms with E-state index in [1.165, 1.54) is 19.3 Å². The Kier molecular flexibility index (Phi) is 3.33. The first-order valence-electron chi connectivity index (χ1n) is 7.50. The van der Waals surface area contributed by atoms with Gasteiger partial charge in [-0.2, -0.15) is 4.80 Å². The predicted octanol–water partition coefficient (Wildman–Crippen LogP) is 1.41. The number of nitrogens with one attached hydrogen (secondary N) is 1. The molecule has 0 spiro atoms. The first kappa shape index (κ1) is 13.0. The largest absolute Gasteiger partial charge is 0.316 e. The van der Waals surface area contributed by atoms with Crippen LogP contribution in [0.3, 0.4) is 0 Å². The van der Waals surface area contributed by atoms with Gasteiger partial charge in [0.05, 0.1) is 7.05 Å². The Morgan fingerprint density at radius 2 is 2.11 bits per heavy atom. The van der Waals surface area contributed by atoms with Gasteiger partial charge in [-0.05, 0) is 54.2 Å². The van der Waals surface area contributed by atoms with Crippen molar-refractivity contribution in [3.8, 4) is 0 Å². The number of rotatable bonds is 6. The van der Waals surface area contributed by atoms with E-state index in [1.807, 2.05) is 7.05 Å². The molecule has 2 atom stereocenters. The van der Waals surface area contributed by atoms with Crippen molar-refractivity contribution in [3.63, 3.8) is 0 Å². The minimum Gasteiger partial charge on any atom is -0.316 e.